The molecular formula is C8H12F3NO2. The molecule has 0 aromatic carbocycles. The zero-order chi connectivity index (χ0) is 10.8. The van der Waals surface area contributed by atoms with E-state index in [1.807, 2.05) is 0 Å². The van der Waals surface area contributed by atoms with Gasteiger partial charge < -0.3 is 10.1 Å². The van der Waals surface area contributed by atoms with E-state index in [9.17, 15) is 18.0 Å². The summed E-state index contributed by atoms with van der Waals surface area (Å²) in [6.07, 6.45) is -4.50. The summed E-state index contributed by atoms with van der Waals surface area (Å²) in [6.45, 7) is 1.87. The van der Waals surface area contributed by atoms with Gasteiger partial charge in [0.05, 0.1) is 12.5 Å². The minimum atomic E-state index is -4.28. The fourth-order valence-electron chi connectivity index (χ4n) is 1.42. The summed E-state index contributed by atoms with van der Waals surface area (Å²) in [5.41, 5.74) is 0. The van der Waals surface area contributed by atoms with E-state index in [-0.39, 0.29) is 19.6 Å². The van der Waals surface area contributed by atoms with Crippen LogP contribution in [0.2, 0.25) is 0 Å². The monoisotopic (exact) mass is 211 g/mol. The maximum Gasteiger partial charge on any atom is 0.403 e. The van der Waals surface area contributed by atoms with Crippen molar-refractivity contribution in [3.05, 3.63) is 0 Å². The van der Waals surface area contributed by atoms with Gasteiger partial charge in [-0.15, -0.1) is 0 Å². The third-order valence-electron chi connectivity index (χ3n) is 2.15. The summed E-state index contributed by atoms with van der Waals surface area (Å²) in [4.78, 5) is 11.1. The second kappa shape index (κ2) is 4.16. The van der Waals surface area contributed by atoms with E-state index < -0.39 is 24.1 Å². The fraction of sp³-hybridized carbons (Fsp3) is 0.875. The lowest BCUT2D eigenvalue weighted by Gasteiger charge is -2.14. The Morgan fingerprint density at radius 1 is 1.57 bits per heavy atom. The molecule has 1 rings (SSSR count). The van der Waals surface area contributed by atoms with Crippen LogP contribution in [0.5, 0.6) is 0 Å². The minimum Gasteiger partial charge on any atom is -0.466 e. The average molecular weight is 211 g/mol. The van der Waals surface area contributed by atoms with Crippen molar-refractivity contribution in [3.8, 4) is 0 Å². The summed E-state index contributed by atoms with van der Waals surface area (Å²) in [7, 11) is 0. The predicted octanol–water partition coefficient (Wildman–Crippen LogP) is 1.09. The first-order chi connectivity index (χ1) is 6.45. The Hall–Kier alpha value is -0.780. The van der Waals surface area contributed by atoms with Crippen LogP contribution in [0.15, 0.2) is 0 Å². The molecule has 1 N–H and O–H groups in total. The molecule has 2 atom stereocenters. The summed E-state index contributed by atoms with van der Waals surface area (Å²) in [5.74, 6) is -1.21. The zero-order valence-electron chi connectivity index (χ0n) is 7.73. The molecule has 0 amide bonds. The van der Waals surface area contributed by atoms with E-state index in [1.54, 1.807) is 6.92 Å². The largest absolute Gasteiger partial charge is 0.466 e. The SMILES string of the molecule is CCOC(=O)C1CNC(C(F)(F)F)C1. The highest BCUT2D eigenvalue weighted by Gasteiger charge is 2.46. The summed E-state index contributed by atoms with van der Waals surface area (Å²) < 4.78 is 41.1. The molecule has 1 fully saturated rings. The van der Waals surface area contributed by atoms with Gasteiger partial charge in [0.15, 0.2) is 0 Å². The van der Waals surface area contributed by atoms with Crippen LogP contribution in [0, 0.1) is 5.92 Å². The molecule has 1 aliphatic heterocycles. The molecule has 2 unspecified atom stereocenters. The lowest BCUT2D eigenvalue weighted by atomic mass is 10.1. The first-order valence-electron chi connectivity index (χ1n) is 4.42. The molecule has 1 saturated heterocycles. The molecule has 3 nitrogen and oxygen atoms in total. The molecule has 0 radical (unpaired) electrons. The summed E-state index contributed by atoms with van der Waals surface area (Å²) in [6, 6.07) is -1.57. The van der Waals surface area contributed by atoms with Gasteiger partial charge in [0.25, 0.3) is 0 Å². The Bertz CT molecular complexity index is 217. The first kappa shape index (κ1) is 11.3. The number of halogens is 3. The second-order valence-corrected chi connectivity index (χ2v) is 3.19. The number of ether oxygens (including phenoxy) is 1. The standard InChI is InChI=1S/C8H12F3NO2/c1-2-14-7(13)5-3-6(12-4-5)8(9,10)11/h5-6,12H,2-4H2,1H3. The smallest absolute Gasteiger partial charge is 0.403 e. The Morgan fingerprint density at radius 3 is 2.64 bits per heavy atom. The molecular weight excluding hydrogens is 199 g/mol. The molecule has 0 aromatic rings. The van der Waals surface area contributed by atoms with E-state index in [1.165, 1.54) is 0 Å². The fourth-order valence-corrected chi connectivity index (χ4v) is 1.42. The number of esters is 1. The first-order valence-corrected chi connectivity index (χ1v) is 4.42. The van der Waals surface area contributed by atoms with Gasteiger partial charge in [0, 0.05) is 6.54 Å². The van der Waals surface area contributed by atoms with Crippen molar-refractivity contribution in [1.82, 2.24) is 5.32 Å². The van der Waals surface area contributed by atoms with Crippen molar-refractivity contribution in [2.45, 2.75) is 25.6 Å². The van der Waals surface area contributed by atoms with Crippen molar-refractivity contribution in [1.29, 1.82) is 0 Å². The van der Waals surface area contributed by atoms with Crippen LogP contribution < -0.4 is 5.32 Å². The van der Waals surface area contributed by atoms with E-state index >= 15 is 0 Å². The van der Waals surface area contributed by atoms with Crippen LogP contribution in [-0.2, 0) is 9.53 Å². The molecule has 14 heavy (non-hydrogen) atoms. The van der Waals surface area contributed by atoms with Gasteiger partial charge in [-0.1, -0.05) is 0 Å². The Morgan fingerprint density at radius 2 is 2.21 bits per heavy atom. The van der Waals surface area contributed by atoms with E-state index in [4.69, 9.17) is 0 Å². The van der Waals surface area contributed by atoms with Crippen molar-refractivity contribution in [2.75, 3.05) is 13.2 Å². The highest BCUT2D eigenvalue weighted by Crippen LogP contribution is 2.29. The number of rotatable bonds is 2. The maximum absolute atomic E-state index is 12.2. The second-order valence-electron chi connectivity index (χ2n) is 3.19. The Labute approximate surface area is 79.6 Å². The van der Waals surface area contributed by atoms with Crippen molar-refractivity contribution in [3.63, 3.8) is 0 Å². The number of carbonyl (C=O) groups is 1. The number of alkyl halides is 3. The van der Waals surface area contributed by atoms with Crippen molar-refractivity contribution in [2.24, 2.45) is 5.92 Å². The number of hydrogen-bond donors (Lipinski definition) is 1. The van der Waals surface area contributed by atoms with Gasteiger partial charge in [0.1, 0.15) is 6.04 Å². The van der Waals surface area contributed by atoms with Crippen LogP contribution in [-0.4, -0.2) is 31.3 Å². The van der Waals surface area contributed by atoms with Gasteiger partial charge in [-0.05, 0) is 13.3 Å². The molecule has 0 aromatic heterocycles. The van der Waals surface area contributed by atoms with Crippen LogP contribution >= 0.6 is 0 Å². The lowest BCUT2D eigenvalue weighted by Crippen LogP contribution is -2.36. The number of nitrogens with one attached hydrogen (secondary N) is 1. The quantitative estimate of drug-likeness (QED) is 0.695. The van der Waals surface area contributed by atoms with Crippen LogP contribution in [0.4, 0.5) is 13.2 Å². The number of hydrogen-bond acceptors (Lipinski definition) is 3. The highest BCUT2D eigenvalue weighted by atomic mass is 19.4. The van der Waals surface area contributed by atoms with Gasteiger partial charge in [-0.25, -0.2) is 0 Å². The molecule has 0 saturated carbocycles. The molecule has 82 valence electrons. The molecule has 0 spiro atoms. The Balaban J connectivity index is 2.45. The lowest BCUT2D eigenvalue weighted by molar-refractivity contribution is -0.155. The molecule has 6 heteroatoms. The third kappa shape index (κ3) is 2.60. The molecule has 1 aliphatic rings. The van der Waals surface area contributed by atoms with Crippen LogP contribution in [0.25, 0.3) is 0 Å². The van der Waals surface area contributed by atoms with Crippen LogP contribution in [0.3, 0.4) is 0 Å². The zero-order valence-corrected chi connectivity index (χ0v) is 7.73. The summed E-state index contributed by atoms with van der Waals surface area (Å²) in [5, 5.41) is 2.26. The van der Waals surface area contributed by atoms with Gasteiger partial charge in [0.2, 0.25) is 0 Å². The van der Waals surface area contributed by atoms with Gasteiger partial charge >= 0.3 is 12.1 Å². The number of carbonyl (C=O) groups excluding carboxylic acids is 1. The highest BCUT2D eigenvalue weighted by molar-refractivity contribution is 5.73. The predicted molar refractivity (Wildman–Crippen MR) is 42.6 cm³/mol. The van der Waals surface area contributed by atoms with Gasteiger partial charge in [-0.2, -0.15) is 13.2 Å². The van der Waals surface area contributed by atoms with E-state index in [2.05, 4.69) is 10.1 Å². The van der Waals surface area contributed by atoms with Crippen molar-refractivity contribution >= 4 is 5.97 Å². The summed E-state index contributed by atoms with van der Waals surface area (Å²) >= 11 is 0. The molecule has 0 bridgehead atoms. The molecule has 0 aliphatic carbocycles. The topological polar surface area (TPSA) is 38.3 Å². The van der Waals surface area contributed by atoms with Crippen LogP contribution in [0.1, 0.15) is 13.3 Å². The van der Waals surface area contributed by atoms with E-state index in [0.717, 1.165) is 0 Å². The maximum atomic E-state index is 12.2. The average Bonchev–Trinajstić information content (AvgIpc) is 2.51. The molecule has 1 heterocycles. The van der Waals surface area contributed by atoms with E-state index in [0.29, 0.717) is 0 Å². The normalized spacial score (nSPS) is 27.7. The third-order valence-corrected chi connectivity index (χ3v) is 2.15. The Kier molecular flexibility index (Phi) is 3.36. The van der Waals surface area contributed by atoms with Crippen molar-refractivity contribution < 1.29 is 22.7 Å². The minimum absolute atomic E-state index is 0.0447. The van der Waals surface area contributed by atoms with Gasteiger partial charge in [-0.3, -0.25) is 4.79 Å².